The van der Waals surface area contributed by atoms with Crippen LogP contribution in [0.4, 0.5) is 0 Å². The van der Waals surface area contributed by atoms with Crippen LogP contribution in [-0.2, 0) is 12.0 Å². The minimum atomic E-state index is 0.264. The van der Waals surface area contributed by atoms with Crippen LogP contribution in [0.25, 0.3) is 0 Å². The molecule has 1 saturated heterocycles. The van der Waals surface area contributed by atoms with Gasteiger partial charge in [0.2, 0.25) is 0 Å². The second-order valence-corrected chi connectivity index (χ2v) is 5.49. The van der Waals surface area contributed by atoms with Crippen LogP contribution in [0.5, 0.6) is 0 Å². The van der Waals surface area contributed by atoms with Crippen molar-refractivity contribution < 1.29 is 0 Å². The van der Waals surface area contributed by atoms with Gasteiger partial charge in [-0.2, -0.15) is 0 Å². The van der Waals surface area contributed by atoms with Crippen molar-refractivity contribution in [2.24, 2.45) is 0 Å². The molecule has 2 rings (SSSR count). The van der Waals surface area contributed by atoms with Gasteiger partial charge in [0.25, 0.3) is 0 Å². The highest BCUT2D eigenvalue weighted by atomic mass is 15.2. The van der Waals surface area contributed by atoms with Gasteiger partial charge in [-0.25, -0.2) is 4.98 Å². The molecule has 4 nitrogen and oxygen atoms in total. The predicted octanol–water partition coefficient (Wildman–Crippen LogP) is 1.48. The van der Waals surface area contributed by atoms with Crippen LogP contribution in [0, 0.1) is 0 Å². The first kappa shape index (κ1) is 13.6. The number of aromatic nitrogens is 2. The van der Waals surface area contributed by atoms with Crippen molar-refractivity contribution in [2.45, 2.75) is 39.2 Å². The summed E-state index contributed by atoms with van der Waals surface area (Å²) in [5.74, 6) is 0. The van der Waals surface area contributed by atoms with Crippen molar-refractivity contribution in [2.75, 3.05) is 32.7 Å². The van der Waals surface area contributed by atoms with E-state index in [0.717, 1.165) is 39.3 Å². The molecule has 1 fully saturated rings. The quantitative estimate of drug-likeness (QED) is 0.830. The Morgan fingerprint density at radius 3 is 2.83 bits per heavy atom. The zero-order valence-corrected chi connectivity index (χ0v) is 11.9. The lowest BCUT2D eigenvalue weighted by atomic mass is 9.86. The summed E-state index contributed by atoms with van der Waals surface area (Å²) in [6, 6.07) is 0. The Kier molecular flexibility index (Phi) is 4.40. The monoisotopic (exact) mass is 250 g/mol. The average molecular weight is 250 g/mol. The molecular formula is C14H26N4. The van der Waals surface area contributed by atoms with E-state index in [1.165, 1.54) is 12.1 Å². The summed E-state index contributed by atoms with van der Waals surface area (Å²) >= 11 is 0. The minimum Gasteiger partial charge on any atom is -0.333 e. The molecule has 1 atom stereocenters. The normalized spacial score (nSPS) is 24.0. The molecule has 1 aliphatic heterocycles. The molecule has 2 heterocycles. The maximum Gasteiger partial charge on any atom is 0.0948 e. The van der Waals surface area contributed by atoms with E-state index in [0.29, 0.717) is 0 Å². The molecule has 1 aliphatic rings. The Bertz CT molecular complexity index is 362. The molecule has 18 heavy (non-hydrogen) atoms. The molecule has 0 aliphatic carbocycles. The van der Waals surface area contributed by atoms with E-state index in [1.54, 1.807) is 0 Å². The molecule has 1 aromatic rings. The number of hydrogen-bond donors (Lipinski definition) is 1. The fourth-order valence-electron chi connectivity index (χ4n) is 2.83. The first-order valence-electron chi connectivity index (χ1n) is 7.13. The van der Waals surface area contributed by atoms with Gasteiger partial charge in [0, 0.05) is 36.9 Å². The van der Waals surface area contributed by atoms with Crippen LogP contribution in [-0.4, -0.2) is 47.2 Å². The first-order chi connectivity index (χ1) is 8.69. The third kappa shape index (κ3) is 2.75. The zero-order valence-electron chi connectivity index (χ0n) is 11.9. The number of rotatable bonds is 6. The van der Waals surface area contributed by atoms with Gasteiger partial charge in [-0.3, -0.25) is 0 Å². The van der Waals surface area contributed by atoms with Gasteiger partial charge in [-0.15, -0.1) is 0 Å². The van der Waals surface area contributed by atoms with Crippen LogP contribution in [0.15, 0.2) is 12.5 Å². The molecule has 1 unspecified atom stereocenters. The number of likely N-dealkylation sites (N-methyl/N-ethyl adjacent to an activating group) is 1. The van der Waals surface area contributed by atoms with Crippen LogP contribution >= 0.6 is 0 Å². The van der Waals surface area contributed by atoms with Gasteiger partial charge in [-0.1, -0.05) is 20.8 Å². The van der Waals surface area contributed by atoms with Gasteiger partial charge in [0.05, 0.1) is 6.33 Å². The van der Waals surface area contributed by atoms with Crippen LogP contribution in [0.1, 0.15) is 32.9 Å². The van der Waals surface area contributed by atoms with Crippen molar-refractivity contribution in [3.63, 3.8) is 0 Å². The van der Waals surface area contributed by atoms with E-state index in [9.17, 15) is 0 Å². The van der Waals surface area contributed by atoms with E-state index in [-0.39, 0.29) is 5.41 Å². The minimum absolute atomic E-state index is 0.264. The summed E-state index contributed by atoms with van der Waals surface area (Å²) < 4.78 is 2.34. The van der Waals surface area contributed by atoms with Gasteiger partial charge < -0.3 is 14.8 Å². The fraction of sp³-hybridized carbons (Fsp3) is 0.786. The molecule has 4 heteroatoms. The van der Waals surface area contributed by atoms with Crippen LogP contribution in [0.3, 0.4) is 0 Å². The Balaban J connectivity index is 2.03. The van der Waals surface area contributed by atoms with E-state index < -0.39 is 0 Å². The lowest BCUT2D eigenvalue weighted by Crippen LogP contribution is -2.31. The summed E-state index contributed by atoms with van der Waals surface area (Å²) in [7, 11) is 0. The summed E-state index contributed by atoms with van der Waals surface area (Å²) in [5.41, 5.74) is 1.65. The zero-order chi connectivity index (χ0) is 13.0. The second kappa shape index (κ2) is 5.85. The fourth-order valence-corrected chi connectivity index (χ4v) is 2.83. The third-order valence-electron chi connectivity index (χ3n) is 4.25. The van der Waals surface area contributed by atoms with E-state index in [4.69, 9.17) is 0 Å². The highest BCUT2D eigenvalue weighted by Crippen LogP contribution is 2.29. The molecule has 0 amide bonds. The Labute approximate surface area is 110 Å². The van der Waals surface area contributed by atoms with Gasteiger partial charge in [0.15, 0.2) is 0 Å². The van der Waals surface area contributed by atoms with E-state index in [1.807, 2.05) is 6.33 Å². The molecular weight excluding hydrogens is 224 g/mol. The Morgan fingerprint density at radius 2 is 2.22 bits per heavy atom. The van der Waals surface area contributed by atoms with Crippen molar-refractivity contribution in [3.8, 4) is 0 Å². The topological polar surface area (TPSA) is 33.1 Å². The largest absolute Gasteiger partial charge is 0.333 e. The van der Waals surface area contributed by atoms with Gasteiger partial charge in [-0.05, 0) is 26.1 Å². The molecule has 0 spiro atoms. The highest BCUT2D eigenvalue weighted by Gasteiger charge is 2.33. The summed E-state index contributed by atoms with van der Waals surface area (Å²) in [4.78, 5) is 6.82. The number of imidazole rings is 1. The Morgan fingerprint density at radius 1 is 1.44 bits per heavy atom. The smallest absolute Gasteiger partial charge is 0.0948 e. The molecule has 1 aromatic heterocycles. The molecule has 1 N–H and O–H groups in total. The van der Waals surface area contributed by atoms with Crippen LogP contribution in [0.2, 0.25) is 0 Å². The molecule has 0 saturated carbocycles. The van der Waals surface area contributed by atoms with Crippen molar-refractivity contribution in [1.82, 2.24) is 19.8 Å². The van der Waals surface area contributed by atoms with Crippen molar-refractivity contribution >= 4 is 0 Å². The van der Waals surface area contributed by atoms with Crippen molar-refractivity contribution in [1.29, 1.82) is 0 Å². The second-order valence-electron chi connectivity index (χ2n) is 5.49. The first-order valence-corrected chi connectivity index (χ1v) is 7.13. The summed E-state index contributed by atoms with van der Waals surface area (Å²) in [6.45, 7) is 13.4. The van der Waals surface area contributed by atoms with Crippen LogP contribution < -0.4 is 5.32 Å². The van der Waals surface area contributed by atoms with E-state index >= 15 is 0 Å². The third-order valence-corrected chi connectivity index (χ3v) is 4.25. The lowest BCUT2D eigenvalue weighted by Gasteiger charge is -2.25. The summed E-state index contributed by atoms with van der Waals surface area (Å²) in [5, 5.41) is 3.46. The van der Waals surface area contributed by atoms with E-state index in [2.05, 4.69) is 46.7 Å². The predicted molar refractivity (Wildman–Crippen MR) is 74.9 cm³/mol. The highest BCUT2D eigenvalue weighted by molar-refractivity contribution is 5.17. The van der Waals surface area contributed by atoms with Gasteiger partial charge >= 0.3 is 0 Å². The lowest BCUT2D eigenvalue weighted by molar-refractivity contribution is 0.286. The maximum atomic E-state index is 4.36. The number of nitrogens with one attached hydrogen (secondary N) is 1. The Hall–Kier alpha value is -0.870. The van der Waals surface area contributed by atoms with Gasteiger partial charge in [0.1, 0.15) is 0 Å². The number of hydrogen-bond acceptors (Lipinski definition) is 3. The van der Waals surface area contributed by atoms with Crippen molar-refractivity contribution in [3.05, 3.63) is 18.2 Å². The maximum absolute atomic E-state index is 4.36. The molecule has 0 bridgehead atoms. The standard InChI is InChI=1S/C14H26N4/c1-4-17(5-2)8-9-18-12-16-10-13(18)14(3)6-7-15-11-14/h10,12,15H,4-9,11H2,1-3H3. The SMILES string of the molecule is CCN(CC)CCn1cncc1C1(C)CCNC1. The summed E-state index contributed by atoms with van der Waals surface area (Å²) in [6.07, 6.45) is 5.25. The molecule has 0 aromatic carbocycles. The molecule has 102 valence electrons. The average Bonchev–Trinajstić information content (AvgIpc) is 3.00. The number of nitrogens with zero attached hydrogens (tertiary/aromatic N) is 3. The molecule has 0 radical (unpaired) electrons.